The molecule has 118 valence electrons. The predicted octanol–water partition coefficient (Wildman–Crippen LogP) is 2.92. The quantitative estimate of drug-likeness (QED) is 0.923. The maximum absolute atomic E-state index is 12.3. The summed E-state index contributed by atoms with van der Waals surface area (Å²) in [4.78, 5) is 26.1. The molecule has 23 heavy (non-hydrogen) atoms. The summed E-state index contributed by atoms with van der Waals surface area (Å²) in [6, 6.07) is 15.3. The standard InChI is InChI=1S/C19H20N2O2/c1-2-10-21-17-9-8-15(11-16(17)12-18(21)22)19(23)20-13-14-6-4-3-5-7-14/h3-9,11H,2,10,12-13H2,1H3,(H,20,23). The fourth-order valence-electron chi connectivity index (χ4n) is 2.87. The molecule has 1 N–H and O–H groups in total. The first-order valence-electron chi connectivity index (χ1n) is 7.94. The third-order valence-corrected chi connectivity index (χ3v) is 4.02. The minimum absolute atomic E-state index is 0.113. The Balaban J connectivity index is 1.71. The van der Waals surface area contributed by atoms with Crippen molar-refractivity contribution in [1.29, 1.82) is 0 Å². The van der Waals surface area contributed by atoms with Crippen LogP contribution in [0.25, 0.3) is 0 Å². The molecule has 0 bridgehead atoms. The summed E-state index contributed by atoms with van der Waals surface area (Å²) >= 11 is 0. The molecule has 4 nitrogen and oxygen atoms in total. The van der Waals surface area contributed by atoms with Crippen molar-refractivity contribution in [3.8, 4) is 0 Å². The normalized spacial score (nSPS) is 13.1. The van der Waals surface area contributed by atoms with Crippen LogP contribution in [0.5, 0.6) is 0 Å². The number of rotatable bonds is 5. The summed E-state index contributed by atoms with van der Waals surface area (Å²) in [6.07, 6.45) is 1.31. The number of carbonyl (C=O) groups excluding carboxylic acids is 2. The molecule has 0 aliphatic carbocycles. The van der Waals surface area contributed by atoms with Crippen LogP contribution in [0.1, 0.15) is 34.8 Å². The maximum Gasteiger partial charge on any atom is 0.251 e. The number of hydrogen-bond acceptors (Lipinski definition) is 2. The topological polar surface area (TPSA) is 49.4 Å². The lowest BCUT2D eigenvalue weighted by atomic mass is 10.1. The maximum atomic E-state index is 12.3. The Bertz CT molecular complexity index is 725. The van der Waals surface area contributed by atoms with Gasteiger partial charge in [0.2, 0.25) is 5.91 Å². The van der Waals surface area contributed by atoms with E-state index in [1.807, 2.05) is 42.5 Å². The van der Waals surface area contributed by atoms with Crippen LogP contribution in [-0.2, 0) is 17.8 Å². The van der Waals surface area contributed by atoms with E-state index in [2.05, 4.69) is 12.2 Å². The Hall–Kier alpha value is -2.62. The Morgan fingerprint density at radius 3 is 2.70 bits per heavy atom. The van der Waals surface area contributed by atoms with E-state index in [1.54, 1.807) is 11.0 Å². The highest BCUT2D eigenvalue weighted by Crippen LogP contribution is 2.29. The molecule has 2 amide bonds. The molecule has 1 aliphatic heterocycles. The van der Waals surface area contributed by atoms with Gasteiger partial charge in [0.15, 0.2) is 0 Å². The van der Waals surface area contributed by atoms with Crippen molar-refractivity contribution < 1.29 is 9.59 Å². The SMILES string of the molecule is CCCN1C(=O)Cc2cc(C(=O)NCc3ccccc3)ccc21. The molecule has 0 aromatic heterocycles. The van der Waals surface area contributed by atoms with E-state index in [0.29, 0.717) is 18.5 Å². The van der Waals surface area contributed by atoms with Crippen LogP contribution in [-0.4, -0.2) is 18.4 Å². The summed E-state index contributed by atoms with van der Waals surface area (Å²) in [6.45, 7) is 3.28. The number of nitrogens with one attached hydrogen (secondary N) is 1. The minimum Gasteiger partial charge on any atom is -0.348 e. The molecule has 0 saturated heterocycles. The van der Waals surface area contributed by atoms with Gasteiger partial charge in [-0.25, -0.2) is 0 Å². The van der Waals surface area contributed by atoms with Gasteiger partial charge in [-0.3, -0.25) is 9.59 Å². The molecular formula is C19H20N2O2. The second-order valence-electron chi connectivity index (χ2n) is 5.73. The van der Waals surface area contributed by atoms with E-state index in [9.17, 15) is 9.59 Å². The van der Waals surface area contributed by atoms with Gasteiger partial charge in [0.05, 0.1) is 6.42 Å². The van der Waals surface area contributed by atoms with Gasteiger partial charge in [0.1, 0.15) is 0 Å². The summed E-state index contributed by atoms with van der Waals surface area (Å²) < 4.78 is 0. The third-order valence-electron chi connectivity index (χ3n) is 4.02. The van der Waals surface area contributed by atoms with Gasteiger partial charge >= 0.3 is 0 Å². The first-order valence-corrected chi connectivity index (χ1v) is 7.94. The van der Waals surface area contributed by atoms with Gasteiger partial charge < -0.3 is 10.2 Å². The predicted molar refractivity (Wildman–Crippen MR) is 90.4 cm³/mol. The van der Waals surface area contributed by atoms with Crippen LogP contribution < -0.4 is 10.2 Å². The smallest absolute Gasteiger partial charge is 0.251 e. The number of carbonyl (C=O) groups is 2. The Morgan fingerprint density at radius 2 is 1.96 bits per heavy atom. The summed E-state index contributed by atoms with van der Waals surface area (Å²) in [5, 5.41) is 2.92. The molecule has 4 heteroatoms. The lowest BCUT2D eigenvalue weighted by molar-refractivity contribution is -0.117. The van der Waals surface area contributed by atoms with Gasteiger partial charge in [-0.15, -0.1) is 0 Å². The monoisotopic (exact) mass is 308 g/mol. The van der Waals surface area contributed by atoms with Gasteiger partial charge in [-0.1, -0.05) is 37.3 Å². The van der Waals surface area contributed by atoms with E-state index >= 15 is 0 Å². The van der Waals surface area contributed by atoms with E-state index < -0.39 is 0 Å². The van der Waals surface area contributed by atoms with Crippen LogP contribution in [0.3, 0.4) is 0 Å². The lowest BCUT2D eigenvalue weighted by Crippen LogP contribution is -2.27. The average molecular weight is 308 g/mol. The van der Waals surface area contributed by atoms with Crippen LogP contribution in [0.15, 0.2) is 48.5 Å². The van der Waals surface area contributed by atoms with Gasteiger partial charge in [0, 0.05) is 24.3 Å². The zero-order valence-corrected chi connectivity index (χ0v) is 13.2. The van der Waals surface area contributed by atoms with Crippen molar-refractivity contribution in [2.45, 2.75) is 26.3 Å². The Labute approximate surface area is 136 Å². The number of nitrogens with zero attached hydrogens (tertiary/aromatic N) is 1. The molecule has 0 radical (unpaired) electrons. The second kappa shape index (κ2) is 6.65. The van der Waals surface area contributed by atoms with Crippen molar-refractivity contribution >= 4 is 17.5 Å². The van der Waals surface area contributed by atoms with Gasteiger partial charge in [-0.2, -0.15) is 0 Å². The van der Waals surface area contributed by atoms with Crippen LogP contribution in [0.2, 0.25) is 0 Å². The zero-order valence-electron chi connectivity index (χ0n) is 13.2. The van der Waals surface area contributed by atoms with Crippen molar-refractivity contribution in [3.05, 3.63) is 65.2 Å². The highest BCUT2D eigenvalue weighted by atomic mass is 16.2. The van der Waals surface area contributed by atoms with Crippen LogP contribution >= 0.6 is 0 Å². The van der Waals surface area contributed by atoms with E-state index in [-0.39, 0.29) is 11.8 Å². The molecule has 0 spiro atoms. The largest absolute Gasteiger partial charge is 0.348 e. The molecule has 2 aromatic rings. The van der Waals surface area contributed by atoms with Crippen molar-refractivity contribution in [2.75, 3.05) is 11.4 Å². The van der Waals surface area contributed by atoms with Crippen LogP contribution in [0, 0.1) is 0 Å². The summed E-state index contributed by atoms with van der Waals surface area (Å²) in [5.41, 5.74) is 3.55. The molecule has 3 rings (SSSR count). The Kier molecular flexibility index (Phi) is 4.42. The first kappa shape index (κ1) is 15.3. The number of fused-ring (bicyclic) bond motifs is 1. The van der Waals surface area contributed by atoms with E-state index in [0.717, 1.165) is 29.8 Å². The van der Waals surface area contributed by atoms with Crippen molar-refractivity contribution in [3.63, 3.8) is 0 Å². The molecule has 0 saturated carbocycles. The minimum atomic E-state index is -0.113. The number of anilines is 1. The van der Waals surface area contributed by atoms with Crippen molar-refractivity contribution in [2.24, 2.45) is 0 Å². The first-order chi connectivity index (χ1) is 11.2. The van der Waals surface area contributed by atoms with Crippen molar-refractivity contribution in [1.82, 2.24) is 5.32 Å². The molecule has 1 aliphatic rings. The average Bonchev–Trinajstić information content (AvgIpc) is 2.89. The highest BCUT2D eigenvalue weighted by molar-refractivity contribution is 6.03. The second-order valence-corrected chi connectivity index (χ2v) is 5.73. The lowest BCUT2D eigenvalue weighted by Gasteiger charge is -2.16. The van der Waals surface area contributed by atoms with Crippen LogP contribution in [0.4, 0.5) is 5.69 Å². The van der Waals surface area contributed by atoms with E-state index in [1.165, 1.54) is 0 Å². The molecule has 1 heterocycles. The zero-order chi connectivity index (χ0) is 16.2. The number of hydrogen-bond donors (Lipinski definition) is 1. The highest BCUT2D eigenvalue weighted by Gasteiger charge is 2.27. The number of benzene rings is 2. The molecule has 0 unspecified atom stereocenters. The molecule has 2 aromatic carbocycles. The van der Waals surface area contributed by atoms with Gasteiger partial charge in [0.25, 0.3) is 5.91 Å². The molecule has 0 atom stereocenters. The van der Waals surface area contributed by atoms with E-state index in [4.69, 9.17) is 0 Å². The number of amides is 2. The molecular weight excluding hydrogens is 288 g/mol. The molecule has 0 fully saturated rings. The van der Waals surface area contributed by atoms with Gasteiger partial charge in [-0.05, 0) is 35.7 Å². The third kappa shape index (κ3) is 3.26. The summed E-state index contributed by atoms with van der Waals surface area (Å²) in [7, 11) is 0. The fraction of sp³-hybridized carbons (Fsp3) is 0.263. The fourth-order valence-corrected chi connectivity index (χ4v) is 2.87. The summed E-state index contributed by atoms with van der Waals surface area (Å²) in [5.74, 6) is 0.00161. The Morgan fingerprint density at radius 1 is 1.17 bits per heavy atom.